The summed E-state index contributed by atoms with van der Waals surface area (Å²) in [7, 11) is 8.38. The molecule has 8 rings (SSSR count). The van der Waals surface area contributed by atoms with Gasteiger partial charge < -0.3 is 52.2 Å². The summed E-state index contributed by atoms with van der Waals surface area (Å²) in [5.41, 5.74) is 21.4. The minimum atomic E-state index is -3.99. The van der Waals surface area contributed by atoms with Crippen LogP contribution in [0.1, 0.15) is 75.4 Å². The van der Waals surface area contributed by atoms with Crippen molar-refractivity contribution in [3.8, 4) is 12.8 Å². The van der Waals surface area contributed by atoms with Crippen LogP contribution in [0.25, 0.3) is 0 Å². The fourth-order valence-corrected chi connectivity index (χ4v) is 12.1. The number of nitro benzene ring substituents is 5. The highest BCUT2D eigenvalue weighted by Crippen LogP contribution is 2.31. The zero-order valence-corrected chi connectivity index (χ0v) is 70.8. The van der Waals surface area contributed by atoms with Gasteiger partial charge in [0.2, 0.25) is 26.0 Å². The van der Waals surface area contributed by atoms with Crippen LogP contribution >= 0.6 is 34.2 Å². The molecular formula is C79H100ClN11O21S3Si. The number of hydrogen-bond donors (Lipinski definition) is 7. The summed E-state index contributed by atoms with van der Waals surface area (Å²) in [4.78, 5) is 108. The normalized spacial score (nSPS) is 9.86. The van der Waals surface area contributed by atoms with Crippen LogP contribution in [0.3, 0.4) is 0 Å². The molecule has 0 radical (unpaired) electrons. The molecule has 0 bridgehead atoms. The molecule has 8 aromatic carbocycles. The zero-order chi connectivity index (χ0) is 88.8. The van der Waals surface area contributed by atoms with Crippen molar-refractivity contribution in [3.63, 3.8) is 0 Å². The number of methoxy groups -OCH3 is 2. The zero-order valence-electron chi connectivity index (χ0n) is 66.6. The number of halogens is 1. The quantitative estimate of drug-likeness (QED) is 0.00367. The summed E-state index contributed by atoms with van der Waals surface area (Å²) in [6.45, 7) is 18.4. The minimum absolute atomic E-state index is 0.00650. The van der Waals surface area contributed by atoms with Crippen LogP contribution in [-0.2, 0) is 90.7 Å². The number of thioether (sulfide) groups is 2. The van der Waals surface area contributed by atoms with Gasteiger partial charge in [0.05, 0.1) is 76.0 Å². The fourth-order valence-electron chi connectivity index (χ4n) is 8.75. The van der Waals surface area contributed by atoms with E-state index >= 15 is 0 Å². The molecule has 0 unspecified atom stereocenters. The Morgan fingerprint density at radius 3 is 1.27 bits per heavy atom. The molecule has 0 atom stereocenters. The van der Waals surface area contributed by atoms with Crippen LogP contribution in [0.2, 0.25) is 19.6 Å². The Hall–Kier alpha value is -12.0. The molecule has 8 aromatic rings. The Balaban J connectivity index is 0. The molecule has 0 aliphatic heterocycles. The highest BCUT2D eigenvalue weighted by Gasteiger charge is 2.23. The first-order valence-electron chi connectivity index (χ1n) is 34.5. The maximum atomic E-state index is 11.5. The van der Waals surface area contributed by atoms with Gasteiger partial charge in [-0.15, -0.1) is 36.4 Å². The number of nitrogens with two attached hydrogens (primary N) is 3. The lowest BCUT2D eigenvalue weighted by Crippen LogP contribution is -2.29. The first kappa shape index (κ1) is 106. The molecule has 0 aliphatic carbocycles. The standard InChI is InChI=1S/C16H16N2O3S.C15H13NO4S.C12H18N2O.C10H11NO4.C9H9ClN2O5S.C7H7NO2.C6H14O2Si.C2H2.2CH5N/c1-17-16(19)10-13-9-14(7-8-15(13)18(20)21)22-11-12-5-3-2-4-6-12;17-15(18)9-12-8-13(6-7-14(12)16(19)20)21-10-11-4-2-1-3-5-11;1-9(2)11-5-3-10(4-6-11)8-14-12(15)7-13;1-7-3-4-9(11(13)14)8(5-7)6-10(12)15-2;1-11-9(13)5-6-4-7(18(10,16)17)2-3-8(6)12(14)15;1-6-2-4-7(5-3-6)8(9)10;1-6(7-2)8-9(3,4)5;3*1-2/h2-9H,10-11H2,1H3,(H,17,19);1-8H,9-10H2,(H,17,18);3-6,9H,7-8,13H2,1-2H3,(H,14,15);3-5H,6H2,1-2H3;2-4H,5H2,1H3,(H,11,13);2-5H,1H3;1H2,2-5H3;1-2H;2*2H2,1H3. The number of ether oxygens (including phenoxy) is 2. The Labute approximate surface area is 689 Å². The third kappa shape index (κ3) is 45.1. The van der Waals surface area contributed by atoms with Crippen LogP contribution < -0.4 is 33.2 Å². The van der Waals surface area contributed by atoms with E-state index in [4.69, 9.17) is 30.7 Å². The van der Waals surface area contributed by atoms with Crippen molar-refractivity contribution in [2.24, 2.45) is 17.2 Å². The largest absolute Gasteiger partial charge is 0.520 e. The number of hydrogen-bond acceptors (Lipinski definition) is 25. The molecule has 0 spiro atoms. The first-order chi connectivity index (χ1) is 54.7. The van der Waals surface area contributed by atoms with Crippen LogP contribution in [0.15, 0.2) is 209 Å². The Bertz CT molecular complexity index is 4610. The van der Waals surface area contributed by atoms with Gasteiger partial charge in [-0.05, 0) is 125 Å². The number of nitrogens with zero attached hydrogens (tertiary/aromatic N) is 5. The number of rotatable bonds is 27. The van der Waals surface area contributed by atoms with Crippen molar-refractivity contribution >= 4 is 110 Å². The van der Waals surface area contributed by atoms with E-state index in [2.05, 4.69) is 97.2 Å². The van der Waals surface area contributed by atoms with E-state index in [1.54, 1.807) is 67.4 Å². The molecule has 37 heteroatoms. The topological polar surface area (TPSA) is 497 Å². The summed E-state index contributed by atoms with van der Waals surface area (Å²) < 4.78 is 36.8. The average molecular weight is 1700 g/mol. The number of carbonyl (C=O) groups excluding carboxylic acids is 4. The van der Waals surface area contributed by atoms with E-state index in [1.165, 1.54) is 88.5 Å². The summed E-state index contributed by atoms with van der Waals surface area (Å²) in [6.07, 6.45) is 7.28. The van der Waals surface area contributed by atoms with Gasteiger partial charge in [-0.2, -0.15) is 0 Å². The highest BCUT2D eigenvalue weighted by atomic mass is 35.7. The van der Waals surface area contributed by atoms with E-state index in [9.17, 15) is 83.0 Å². The van der Waals surface area contributed by atoms with Crippen LogP contribution in [0, 0.1) is 77.3 Å². The third-order valence-electron chi connectivity index (χ3n) is 14.3. The second kappa shape index (κ2) is 58.0. The molecule has 116 heavy (non-hydrogen) atoms. The second-order valence-electron chi connectivity index (χ2n) is 24.3. The predicted octanol–water partition coefficient (Wildman–Crippen LogP) is 13.8. The van der Waals surface area contributed by atoms with Gasteiger partial charge in [-0.25, -0.2) is 8.42 Å². The first-order valence-corrected chi connectivity index (χ1v) is 42.1. The molecule has 0 aliphatic rings. The molecular weight excluding hydrogens is 1600 g/mol. The average Bonchev–Trinajstić information content (AvgIpc) is 0.820. The van der Waals surface area contributed by atoms with Gasteiger partial charge in [-0.3, -0.25) is 74.5 Å². The van der Waals surface area contributed by atoms with Gasteiger partial charge in [0.15, 0.2) is 0 Å². The summed E-state index contributed by atoms with van der Waals surface area (Å²) in [5, 5.41) is 69.8. The van der Waals surface area contributed by atoms with Gasteiger partial charge in [0, 0.05) is 111 Å². The van der Waals surface area contributed by atoms with Crippen molar-refractivity contribution < 1.29 is 76.0 Å². The number of amides is 3. The van der Waals surface area contributed by atoms with E-state index in [1.807, 2.05) is 86.6 Å². The number of carboxylic acid groups (broad SMARTS) is 1. The van der Waals surface area contributed by atoms with E-state index < -0.39 is 59.8 Å². The lowest BCUT2D eigenvalue weighted by atomic mass is 10.0. The molecule has 0 saturated carbocycles. The molecule has 0 saturated heterocycles. The number of nitrogens with one attached hydrogen (secondary N) is 3. The highest BCUT2D eigenvalue weighted by molar-refractivity contribution is 8.13. The van der Waals surface area contributed by atoms with Gasteiger partial charge >= 0.3 is 11.9 Å². The molecule has 626 valence electrons. The number of carbonyl (C=O) groups is 5. The SMILES string of the molecule is C#C.C=C(OC)O[Si](C)(C)C.CC(C)c1ccc(CNC(=O)CN)cc1.CN.CN.CNC(=O)Cc1cc(S(=O)(=O)Cl)ccc1[N+](=O)[O-].CNC(=O)Cc1cc(SCc2ccccc2)ccc1[N+](=O)[O-].COC(=O)Cc1cc(C)ccc1[N+](=O)[O-].Cc1ccc([N+](=O)[O-])cc1.O=C(O)Cc1cc(SCc2ccccc2)ccc1[N+](=O)[O-]. The second-order valence-corrected chi connectivity index (χ2v) is 33.4. The minimum Gasteiger partial charge on any atom is -0.520 e. The Kier molecular flexibility index (Phi) is 53.0. The Morgan fingerprint density at radius 1 is 0.534 bits per heavy atom. The number of nitro groups is 5. The summed E-state index contributed by atoms with van der Waals surface area (Å²) >= 11 is 3.11. The summed E-state index contributed by atoms with van der Waals surface area (Å²) in [5.74, 6) is 0.0702. The molecule has 10 N–H and O–H groups in total. The molecule has 3 amide bonds. The predicted molar refractivity (Wildman–Crippen MR) is 455 cm³/mol. The number of aryl methyl sites for hydroxylation is 2. The van der Waals surface area contributed by atoms with Crippen molar-refractivity contribution in [2.45, 2.75) is 112 Å². The number of aliphatic carboxylic acids is 1. The van der Waals surface area contributed by atoms with Crippen molar-refractivity contribution in [3.05, 3.63) is 301 Å². The number of esters is 1. The number of carboxylic acids is 1. The number of terminal acetylenes is 1. The van der Waals surface area contributed by atoms with Crippen LogP contribution in [-0.4, -0.2) is 125 Å². The van der Waals surface area contributed by atoms with Gasteiger partial charge in [0.1, 0.15) is 0 Å². The monoisotopic (exact) mass is 1700 g/mol. The summed E-state index contributed by atoms with van der Waals surface area (Å²) in [6, 6.07) is 51.7. The smallest absolute Gasteiger partial charge is 0.310 e. The molecule has 0 fully saturated rings. The van der Waals surface area contributed by atoms with Gasteiger partial charge in [-0.1, -0.05) is 128 Å². The van der Waals surface area contributed by atoms with E-state index in [0.29, 0.717) is 29.5 Å². The number of non-ortho nitro benzene ring substituents is 1. The number of benzene rings is 8. The maximum absolute atomic E-state index is 11.5. The molecule has 0 heterocycles. The fraction of sp³-hybridized carbons (Fsp3) is 0.278. The van der Waals surface area contributed by atoms with E-state index in [-0.39, 0.29) is 88.5 Å². The van der Waals surface area contributed by atoms with Crippen LogP contribution in [0.4, 0.5) is 28.4 Å². The lowest BCUT2D eigenvalue weighted by Gasteiger charge is -2.18. The van der Waals surface area contributed by atoms with Gasteiger partial charge in [0.25, 0.3) is 43.4 Å². The van der Waals surface area contributed by atoms with Crippen molar-refractivity contribution in [1.29, 1.82) is 0 Å². The van der Waals surface area contributed by atoms with E-state index in [0.717, 1.165) is 61.7 Å². The van der Waals surface area contributed by atoms with Crippen LogP contribution in [0.5, 0.6) is 0 Å². The maximum Gasteiger partial charge on any atom is 0.310 e. The van der Waals surface area contributed by atoms with Crippen molar-refractivity contribution in [2.75, 3.05) is 49.0 Å². The van der Waals surface area contributed by atoms with Crippen molar-refractivity contribution in [1.82, 2.24) is 16.0 Å². The third-order valence-corrected chi connectivity index (χ3v) is 18.7. The molecule has 0 aromatic heterocycles. The lowest BCUT2D eigenvalue weighted by molar-refractivity contribution is -0.385. The number of likely N-dealkylation sites (N-methyl/N-ethyl adjacent to an activating group) is 2. The Morgan fingerprint density at radius 2 is 0.922 bits per heavy atom. The molecule has 32 nitrogen and oxygen atoms in total.